The monoisotopic (exact) mass is 887 g/mol. The molecule has 0 saturated carbocycles. The van der Waals surface area contributed by atoms with Crippen molar-refractivity contribution in [2.75, 3.05) is 0 Å². The summed E-state index contributed by atoms with van der Waals surface area (Å²) in [5, 5.41) is 0. The molecule has 10 nitrogen and oxygen atoms in total. The van der Waals surface area contributed by atoms with Crippen LogP contribution in [0.25, 0.3) is 0 Å². The van der Waals surface area contributed by atoms with Gasteiger partial charge in [-0.05, 0) is 102 Å². The summed E-state index contributed by atoms with van der Waals surface area (Å²) in [6.45, 7) is 3.82. The highest BCUT2D eigenvalue weighted by atomic mass is 32.2. The normalized spacial score (nSPS) is 12.9. The van der Waals surface area contributed by atoms with Crippen molar-refractivity contribution >= 4 is 49.1 Å². The van der Waals surface area contributed by atoms with Crippen molar-refractivity contribution in [1.29, 1.82) is 0 Å². The highest BCUT2D eigenvalue weighted by molar-refractivity contribution is 7.90. The molecule has 0 spiro atoms. The average molecular weight is 888 g/mol. The predicted molar refractivity (Wildman–Crippen MR) is 226 cm³/mol. The minimum absolute atomic E-state index is 0.0575. The van der Waals surface area contributed by atoms with Crippen LogP contribution >= 0.6 is 11.3 Å². The lowest BCUT2D eigenvalue weighted by molar-refractivity contribution is -0.137. The van der Waals surface area contributed by atoms with Gasteiger partial charge < -0.3 is 5.73 Å². The number of thiophene rings is 1. The first-order chi connectivity index (χ1) is 28.9. The molecule has 3 amide bonds. The predicted octanol–water partition coefficient (Wildman–Crippen LogP) is 8.78. The number of alkyl halides is 3. The van der Waals surface area contributed by atoms with Crippen LogP contribution in [0.3, 0.4) is 0 Å². The Kier molecular flexibility index (Phi) is 13.3. The molecule has 6 aromatic rings. The summed E-state index contributed by atoms with van der Waals surface area (Å²) < 4.78 is 95.9. The molecule has 0 aliphatic carbocycles. The molecule has 0 aliphatic rings. The Morgan fingerprint density at radius 3 is 1.39 bits per heavy atom. The number of carbonyl (C=O) groups excluding carboxylic acids is 3. The van der Waals surface area contributed by atoms with Gasteiger partial charge in [-0.25, -0.2) is 26.3 Å². The van der Waals surface area contributed by atoms with Crippen molar-refractivity contribution in [3.8, 4) is 0 Å². The van der Waals surface area contributed by atoms with Crippen LogP contribution in [0.1, 0.15) is 107 Å². The zero-order valence-corrected chi connectivity index (χ0v) is 35.2. The third kappa shape index (κ3) is 10.1. The van der Waals surface area contributed by atoms with Crippen LogP contribution in [-0.2, 0) is 32.6 Å². The molecule has 61 heavy (non-hydrogen) atoms. The van der Waals surface area contributed by atoms with E-state index in [-0.39, 0.29) is 32.9 Å². The van der Waals surface area contributed by atoms with E-state index in [0.717, 1.165) is 22.6 Å². The number of nitrogens with one attached hydrogen (secondary N) is 2. The van der Waals surface area contributed by atoms with Crippen molar-refractivity contribution < 1.29 is 44.4 Å². The van der Waals surface area contributed by atoms with Gasteiger partial charge in [-0.2, -0.15) is 13.2 Å². The maximum absolute atomic E-state index is 13.5. The van der Waals surface area contributed by atoms with Gasteiger partial charge in [0.1, 0.15) is 0 Å². The summed E-state index contributed by atoms with van der Waals surface area (Å²) in [7, 11) is -8.29. The topological polar surface area (TPSA) is 170 Å². The van der Waals surface area contributed by atoms with E-state index in [9.17, 15) is 44.4 Å². The summed E-state index contributed by atoms with van der Waals surface area (Å²) in [5.41, 5.74) is 8.11. The van der Waals surface area contributed by atoms with Crippen LogP contribution < -0.4 is 15.2 Å². The van der Waals surface area contributed by atoms with Crippen molar-refractivity contribution in [3.63, 3.8) is 0 Å². The van der Waals surface area contributed by atoms with Gasteiger partial charge in [0.25, 0.3) is 31.9 Å². The molecule has 0 radical (unpaired) electrons. The highest BCUT2D eigenvalue weighted by Gasteiger charge is 2.33. The Morgan fingerprint density at radius 1 is 0.607 bits per heavy atom. The molecule has 4 N–H and O–H groups in total. The van der Waals surface area contributed by atoms with Crippen molar-refractivity contribution in [2.24, 2.45) is 5.73 Å². The lowest BCUT2D eigenvalue weighted by Crippen LogP contribution is -2.30. The van der Waals surface area contributed by atoms with Gasteiger partial charge in [-0.15, -0.1) is 11.3 Å². The number of hydrogen-bond donors (Lipinski definition) is 3. The largest absolute Gasteiger partial charge is 0.416 e. The van der Waals surface area contributed by atoms with E-state index in [4.69, 9.17) is 5.73 Å². The Balaban J connectivity index is 1.37. The fraction of sp³-hybridized carbons (Fsp3) is 0.178. The number of hydrogen-bond acceptors (Lipinski definition) is 8. The molecule has 1 aromatic heterocycles. The standard InChI is InChI=1S/C45H40F3N3O7S3/c1-3-36(29-17-21-31(22-18-29)43(53)50-60(55,56)34-11-7-5-8-12-34)40-38(27-28-15-25-33(26-16-28)45(46,47)48)39(42(49)52)41(59-40)37(4-2)30-19-23-32(24-20-30)44(54)51-61(57,58)35-13-9-6-10-14-35/h5-26,36-37H,3-4,27H2,1-2H3,(H2,49,52)(H,50,53)(H,51,54)/t36-,37-/m0/s1. The zero-order chi connectivity index (χ0) is 44.1. The molecular weight excluding hydrogens is 848 g/mol. The maximum Gasteiger partial charge on any atom is 0.416 e. The van der Waals surface area contributed by atoms with E-state index in [1.165, 1.54) is 96.3 Å². The number of carbonyl (C=O) groups is 3. The zero-order valence-electron chi connectivity index (χ0n) is 32.8. The minimum atomic E-state index is -4.56. The number of rotatable bonds is 15. The summed E-state index contributed by atoms with van der Waals surface area (Å²) in [4.78, 5) is 40.8. The average Bonchev–Trinajstić information content (AvgIpc) is 3.60. The van der Waals surface area contributed by atoms with E-state index in [1.807, 2.05) is 13.8 Å². The van der Waals surface area contributed by atoms with Crippen LogP contribution in [-0.4, -0.2) is 34.6 Å². The molecule has 1 heterocycles. The molecule has 5 aromatic carbocycles. The molecular formula is C45H40F3N3O7S3. The first-order valence-electron chi connectivity index (χ1n) is 19.0. The molecule has 316 valence electrons. The molecule has 0 unspecified atom stereocenters. The molecule has 0 fully saturated rings. The first kappa shape index (κ1) is 44.5. The molecule has 0 aliphatic heterocycles. The fourth-order valence-electron chi connectivity index (χ4n) is 7.05. The third-order valence-electron chi connectivity index (χ3n) is 10.1. The smallest absolute Gasteiger partial charge is 0.366 e. The van der Waals surface area contributed by atoms with E-state index < -0.39 is 61.3 Å². The second-order valence-corrected chi connectivity index (χ2v) is 18.5. The number of benzene rings is 5. The summed E-state index contributed by atoms with van der Waals surface area (Å²) in [5.74, 6) is -3.28. The fourth-order valence-corrected chi connectivity index (χ4v) is 10.8. The summed E-state index contributed by atoms with van der Waals surface area (Å²) in [6.07, 6.45) is -3.55. The maximum atomic E-state index is 13.5. The van der Waals surface area contributed by atoms with E-state index in [1.54, 1.807) is 36.4 Å². The third-order valence-corrected chi connectivity index (χ3v) is 14.3. The Hall–Kier alpha value is -6.10. The van der Waals surface area contributed by atoms with Gasteiger partial charge in [-0.3, -0.25) is 14.4 Å². The van der Waals surface area contributed by atoms with Gasteiger partial charge in [-0.1, -0.05) is 86.6 Å². The van der Waals surface area contributed by atoms with Crippen LogP contribution in [0.2, 0.25) is 0 Å². The Labute approximate surface area is 355 Å². The molecule has 6 rings (SSSR count). The SMILES string of the molecule is CC[C@@H](c1ccc(C(=O)NS(=O)(=O)c2ccccc2)cc1)c1sc([C@@H](CC)c2ccc(C(=O)NS(=O)(=O)c3ccccc3)cc2)c(C(N)=O)c1Cc1ccc(C(F)(F)F)cc1. The lowest BCUT2D eigenvalue weighted by atomic mass is 9.86. The minimum Gasteiger partial charge on any atom is -0.366 e. The van der Waals surface area contributed by atoms with Crippen molar-refractivity contribution in [1.82, 2.24) is 9.44 Å². The van der Waals surface area contributed by atoms with Crippen LogP contribution in [0.15, 0.2) is 143 Å². The quantitative estimate of drug-likeness (QED) is 0.0926. The summed E-state index contributed by atoms with van der Waals surface area (Å²) >= 11 is 1.33. The number of nitrogens with two attached hydrogens (primary N) is 1. The Bertz CT molecular complexity index is 2760. The molecule has 0 bridgehead atoms. The lowest BCUT2D eigenvalue weighted by Gasteiger charge is -2.18. The van der Waals surface area contributed by atoms with Crippen molar-refractivity contribution in [3.05, 3.63) is 188 Å². The molecule has 0 saturated heterocycles. The number of primary amides is 1. The number of sulfonamides is 2. The van der Waals surface area contributed by atoms with Gasteiger partial charge in [0, 0.05) is 32.7 Å². The number of halogens is 3. The number of amides is 3. The van der Waals surface area contributed by atoms with Crippen LogP contribution in [0, 0.1) is 0 Å². The van der Waals surface area contributed by atoms with Crippen LogP contribution in [0.4, 0.5) is 13.2 Å². The summed E-state index contributed by atoms with van der Waals surface area (Å²) in [6, 6.07) is 32.2. The van der Waals surface area contributed by atoms with Gasteiger partial charge >= 0.3 is 6.18 Å². The second-order valence-electron chi connectivity index (χ2n) is 14.1. The highest BCUT2D eigenvalue weighted by Crippen LogP contribution is 2.45. The van der Waals surface area contributed by atoms with Gasteiger partial charge in [0.05, 0.1) is 20.9 Å². The molecule has 2 atom stereocenters. The molecule has 16 heteroatoms. The van der Waals surface area contributed by atoms with Gasteiger partial charge in [0.2, 0.25) is 5.91 Å². The first-order valence-corrected chi connectivity index (χ1v) is 22.8. The van der Waals surface area contributed by atoms with E-state index in [0.29, 0.717) is 34.4 Å². The van der Waals surface area contributed by atoms with Crippen molar-refractivity contribution in [2.45, 2.75) is 60.9 Å². The van der Waals surface area contributed by atoms with E-state index >= 15 is 0 Å². The van der Waals surface area contributed by atoms with E-state index in [2.05, 4.69) is 9.44 Å². The van der Waals surface area contributed by atoms with Gasteiger partial charge in [0.15, 0.2) is 0 Å². The van der Waals surface area contributed by atoms with Crippen LogP contribution in [0.5, 0.6) is 0 Å². The second kappa shape index (κ2) is 18.3. The Morgan fingerprint density at radius 2 is 1.02 bits per heavy atom.